The van der Waals surface area contributed by atoms with Crippen LogP contribution in [0.15, 0.2) is 24.4 Å². The Hall–Kier alpha value is -3.34. The number of aryl methyl sites for hydroxylation is 1. The van der Waals surface area contributed by atoms with Crippen molar-refractivity contribution in [3.8, 4) is 11.4 Å². The molecule has 2 saturated heterocycles. The molecule has 0 radical (unpaired) electrons. The molecule has 10 nitrogen and oxygen atoms in total. The highest BCUT2D eigenvalue weighted by atomic mass is 19.1. The number of methoxy groups -OCH3 is 1. The summed E-state index contributed by atoms with van der Waals surface area (Å²) in [4.78, 5) is 11.2. The smallest absolute Gasteiger partial charge is 0.229 e. The lowest BCUT2D eigenvalue weighted by atomic mass is 9.84. The van der Waals surface area contributed by atoms with Gasteiger partial charge >= 0.3 is 0 Å². The molecule has 0 saturated carbocycles. The summed E-state index contributed by atoms with van der Waals surface area (Å²) >= 11 is 0. The molecular weight excluding hydrogens is 437 g/mol. The van der Waals surface area contributed by atoms with Crippen LogP contribution in [0.3, 0.4) is 0 Å². The number of hydrogen-bond donors (Lipinski definition) is 2. The van der Waals surface area contributed by atoms with Crippen molar-refractivity contribution in [3.63, 3.8) is 0 Å². The van der Waals surface area contributed by atoms with Crippen LogP contribution in [0, 0.1) is 12.7 Å². The molecular formula is C23H30FN9O. The van der Waals surface area contributed by atoms with Gasteiger partial charge in [0.2, 0.25) is 5.95 Å². The van der Waals surface area contributed by atoms with E-state index in [0.717, 1.165) is 19.4 Å². The van der Waals surface area contributed by atoms with Crippen molar-refractivity contribution in [2.75, 3.05) is 24.3 Å². The van der Waals surface area contributed by atoms with Crippen molar-refractivity contribution >= 4 is 17.5 Å². The number of fused-ring (bicyclic) bond motifs is 1. The summed E-state index contributed by atoms with van der Waals surface area (Å²) in [6.07, 6.45) is 5.54. The molecule has 3 aromatic rings. The van der Waals surface area contributed by atoms with Gasteiger partial charge in [-0.15, -0.1) is 5.10 Å². The standard InChI is InChI=1S/C23H30FN9O/c1-14-29-30-31-33(14)19-11-15(7-8-20(19)34-4)27-22-25-13-18(24)21(28-22)26-16-10-17-6-5-9-32(17)23(2,3)12-16/h7-8,11,13,16-17H,5-6,9-10,12H2,1-4H3,(H2,25,26,27,28)/t16-,17+/m1/s1. The second-order valence-electron chi connectivity index (χ2n) is 9.62. The fourth-order valence-corrected chi connectivity index (χ4v) is 5.36. The summed E-state index contributed by atoms with van der Waals surface area (Å²) < 4.78 is 21.7. The van der Waals surface area contributed by atoms with Gasteiger partial charge in [-0.1, -0.05) is 0 Å². The summed E-state index contributed by atoms with van der Waals surface area (Å²) in [6, 6.07) is 6.16. The molecule has 0 aliphatic carbocycles. The monoisotopic (exact) mass is 467 g/mol. The van der Waals surface area contributed by atoms with Crippen molar-refractivity contribution in [1.82, 2.24) is 35.1 Å². The SMILES string of the molecule is COc1ccc(Nc2ncc(F)c(N[C@@H]3C[C@@H]4CCCN4C(C)(C)C3)n2)cc1-n1nnnc1C. The highest BCUT2D eigenvalue weighted by Gasteiger charge is 2.43. The molecule has 5 rings (SSSR count). The lowest BCUT2D eigenvalue weighted by Crippen LogP contribution is -2.55. The number of aromatic nitrogens is 6. The van der Waals surface area contributed by atoms with Crippen LogP contribution in [0.2, 0.25) is 0 Å². The number of benzene rings is 1. The summed E-state index contributed by atoms with van der Waals surface area (Å²) in [5.41, 5.74) is 1.44. The Morgan fingerprint density at radius 3 is 2.88 bits per heavy atom. The van der Waals surface area contributed by atoms with Gasteiger partial charge in [0.15, 0.2) is 17.5 Å². The third-order valence-electron chi connectivity index (χ3n) is 6.83. The van der Waals surface area contributed by atoms with E-state index < -0.39 is 5.82 Å². The summed E-state index contributed by atoms with van der Waals surface area (Å²) in [5.74, 6) is 1.29. The molecule has 0 spiro atoms. The van der Waals surface area contributed by atoms with E-state index >= 15 is 0 Å². The van der Waals surface area contributed by atoms with E-state index in [0.29, 0.717) is 34.9 Å². The molecule has 2 aromatic heterocycles. The van der Waals surface area contributed by atoms with E-state index in [2.05, 4.69) is 54.9 Å². The zero-order valence-corrected chi connectivity index (χ0v) is 19.9. The summed E-state index contributed by atoms with van der Waals surface area (Å²) in [7, 11) is 1.59. The number of tetrazole rings is 1. The molecule has 0 amide bonds. The number of anilines is 3. The number of nitrogens with one attached hydrogen (secondary N) is 2. The number of hydrogen-bond acceptors (Lipinski definition) is 9. The predicted octanol–water partition coefficient (Wildman–Crippen LogP) is 3.47. The highest BCUT2D eigenvalue weighted by Crippen LogP contribution is 2.38. The molecule has 0 bridgehead atoms. The molecule has 0 unspecified atom stereocenters. The van der Waals surface area contributed by atoms with E-state index in [1.807, 2.05) is 12.1 Å². The average Bonchev–Trinajstić information content (AvgIpc) is 3.45. The molecule has 1 aromatic carbocycles. The van der Waals surface area contributed by atoms with Crippen molar-refractivity contribution < 1.29 is 9.13 Å². The molecule has 34 heavy (non-hydrogen) atoms. The minimum Gasteiger partial charge on any atom is -0.494 e. The minimum atomic E-state index is -0.461. The topological polar surface area (TPSA) is 106 Å². The Labute approximate surface area is 197 Å². The molecule has 2 fully saturated rings. The van der Waals surface area contributed by atoms with E-state index in [9.17, 15) is 4.39 Å². The number of rotatable bonds is 6. The van der Waals surface area contributed by atoms with E-state index in [1.165, 1.54) is 19.0 Å². The first-order valence-electron chi connectivity index (χ1n) is 11.6. The van der Waals surface area contributed by atoms with Crippen LogP contribution in [0.1, 0.15) is 45.4 Å². The molecule has 2 atom stereocenters. The quantitative estimate of drug-likeness (QED) is 0.564. The van der Waals surface area contributed by atoms with Gasteiger partial charge in [0.05, 0.1) is 13.3 Å². The fraction of sp³-hybridized carbons (Fsp3) is 0.522. The van der Waals surface area contributed by atoms with Crippen LogP contribution in [0.25, 0.3) is 5.69 Å². The van der Waals surface area contributed by atoms with Gasteiger partial charge in [-0.25, -0.2) is 9.37 Å². The molecule has 2 aliphatic heterocycles. The van der Waals surface area contributed by atoms with Gasteiger partial charge in [0.25, 0.3) is 0 Å². The molecule has 2 N–H and O–H groups in total. The van der Waals surface area contributed by atoms with Gasteiger partial charge in [-0.2, -0.15) is 9.67 Å². The number of piperidine rings is 1. The minimum absolute atomic E-state index is 0.0789. The van der Waals surface area contributed by atoms with E-state index in [-0.39, 0.29) is 17.4 Å². The zero-order chi connectivity index (χ0) is 23.9. The Morgan fingerprint density at radius 1 is 1.26 bits per heavy atom. The highest BCUT2D eigenvalue weighted by molar-refractivity contribution is 5.62. The van der Waals surface area contributed by atoms with Crippen molar-refractivity contribution in [2.45, 2.75) is 64.1 Å². The van der Waals surface area contributed by atoms with Gasteiger partial charge < -0.3 is 15.4 Å². The first-order chi connectivity index (χ1) is 16.3. The first-order valence-corrected chi connectivity index (χ1v) is 11.6. The zero-order valence-electron chi connectivity index (χ0n) is 19.9. The maximum Gasteiger partial charge on any atom is 0.229 e. The predicted molar refractivity (Wildman–Crippen MR) is 126 cm³/mol. The van der Waals surface area contributed by atoms with Crippen LogP contribution in [-0.2, 0) is 0 Å². The molecule has 2 aliphatic rings. The lowest BCUT2D eigenvalue weighted by molar-refractivity contribution is 0.0500. The fourth-order valence-electron chi connectivity index (χ4n) is 5.36. The largest absolute Gasteiger partial charge is 0.494 e. The average molecular weight is 468 g/mol. The van der Waals surface area contributed by atoms with Crippen LogP contribution in [-0.4, -0.2) is 66.4 Å². The van der Waals surface area contributed by atoms with Gasteiger partial charge in [0, 0.05) is 23.3 Å². The lowest BCUT2D eigenvalue weighted by Gasteiger charge is -2.47. The third-order valence-corrected chi connectivity index (χ3v) is 6.83. The second-order valence-corrected chi connectivity index (χ2v) is 9.62. The van der Waals surface area contributed by atoms with Crippen LogP contribution in [0.4, 0.5) is 21.8 Å². The third kappa shape index (κ3) is 4.27. The summed E-state index contributed by atoms with van der Waals surface area (Å²) in [5, 5.41) is 18.2. The van der Waals surface area contributed by atoms with Gasteiger partial charge in [0.1, 0.15) is 11.4 Å². The van der Waals surface area contributed by atoms with E-state index in [4.69, 9.17) is 4.74 Å². The Bertz CT molecular complexity index is 1180. The van der Waals surface area contributed by atoms with Crippen LogP contribution in [0.5, 0.6) is 5.75 Å². The van der Waals surface area contributed by atoms with Crippen molar-refractivity contribution in [3.05, 3.63) is 36.0 Å². The van der Waals surface area contributed by atoms with Crippen molar-refractivity contribution in [2.24, 2.45) is 0 Å². The van der Waals surface area contributed by atoms with E-state index in [1.54, 1.807) is 24.8 Å². The molecule has 11 heteroatoms. The molecule has 4 heterocycles. The van der Waals surface area contributed by atoms with Gasteiger partial charge in [-0.3, -0.25) is 4.90 Å². The van der Waals surface area contributed by atoms with Crippen molar-refractivity contribution in [1.29, 1.82) is 0 Å². The number of nitrogens with zero attached hydrogens (tertiary/aromatic N) is 7. The maximum atomic E-state index is 14.6. The van der Waals surface area contributed by atoms with Gasteiger partial charge in [-0.05, 0) is 81.6 Å². The Balaban J connectivity index is 1.36. The second kappa shape index (κ2) is 8.79. The Kier molecular flexibility index (Phi) is 5.80. The normalized spacial score (nSPS) is 21.8. The maximum absolute atomic E-state index is 14.6. The Morgan fingerprint density at radius 2 is 2.12 bits per heavy atom. The molecule has 180 valence electrons. The first kappa shape index (κ1) is 22.5. The number of ether oxygens (including phenoxy) is 1. The van der Waals surface area contributed by atoms with Crippen LogP contribution >= 0.6 is 0 Å². The van der Waals surface area contributed by atoms with Crippen LogP contribution < -0.4 is 15.4 Å². The number of halogens is 1. The summed E-state index contributed by atoms with van der Waals surface area (Å²) in [6.45, 7) is 7.50.